The van der Waals surface area contributed by atoms with E-state index in [1.807, 2.05) is 0 Å². The molecule has 1 aromatic carbocycles. The second kappa shape index (κ2) is 6.40. The number of amides is 1. The van der Waals surface area contributed by atoms with Gasteiger partial charge in [0.25, 0.3) is 5.56 Å². The lowest BCUT2D eigenvalue weighted by molar-refractivity contribution is -0.130. The highest BCUT2D eigenvalue weighted by molar-refractivity contribution is 7.80. The Bertz CT molecular complexity index is 743. The summed E-state index contributed by atoms with van der Waals surface area (Å²) in [7, 11) is 1.63. The zero-order valence-electron chi connectivity index (χ0n) is 11.5. The first kappa shape index (κ1) is 15.0. The van der Waals surface area contributed by atoms with Crippen molar-refractivity contribution in [1.29, 1.82) is 0 Å². The van der Waals surface area contributed by atoms with Crippen LogP contribution in [0.25, 0.3) is 10.9 Å². The molecule has 0 fully saturated rings. The lowest BCUT2D eigenvalue weighted by Crippen LogP contribution is -2.36. The topological polar surface area (TPSA) is 94.1 Å². The molecule has 0 aliphatic rings. The van der Waals surface area contributed by atoms with Gasteiger partial charge in [-0.15, -0.1) is 5.10 Å². The maximum absolute atomic E-state index is 12.2. The number of carbonyl (C=O) groups excluding carboxylic acids is 1. The van der Waals surface area contributed by atoms with Crippen LogP contribution in [0.2, 0.25) is 0 Å². The van der Waals surface area contributed by atoms with Gasteiger partial charge in [0.15, 0.2) is 0 Å². The smallest absolute Gasteiger partial charge is 0.278 e. The molecule has 2 N–H and O–H groups in total. The van der Waals surface area contributed by atoms with Crippen molar-refractivity contribution in [3.63, 3.8) is 0 Å². The molecule has 2 rings (SSSR count). The normalized spacial score (nSPS) is 10.5. The van der Waals surface area contributed by atoms with Gasteiger partial charge in [0.05, 0.1) is 10.4 Å². The Labute approximate surface area is 126 Å². The van der Waals surface area contributed by atoms with E-state index >= 15 is 0 Å². The van der Waals surface area contributed by atoms with Crippen molar-refractivity contribution in [3.05, 3.63) is 34.6 Å². The van der Waals surface area contributed by atoms with Gasteiger partial charge in [-0.25, -0.2) is 4.68 Å². The molecule has 0 aliphatic heterocycles. The molecule has 0 saturated heterocycles. The van der Waals surface area contributed by atoms with Crippen LogP contribution in [0.5, 0.6) is 0 Å². The van der Waals surface area contributed by atoms with Crippen molar-refractivity contribution in [3.8, 4) is 0 Å². The largest absolute Gasteiger partial charge is 0.393 e. The lowest BCUT2D eigenvalue weighted by atomic mass is 10.2. The highest BCUT2D eigenvalue weighted by atomic mass is 32.1. The third-order valence-electron chi connectivity index (χ3n) is 3.03. The molecule has 21 heavy (non-hydrogen) atoms. The molecule has 7 nitrogen and oxygen atoms in total. The van der Waals surface area contributed by atoms with Gasteiger partial charge in [-0.05, 0) is 12.1 Å². The highest BCUT2D eigenvalue weighted by Crippen LogP contribution is 2.03. The summed E-state index contributed by atoms with van der Waals surface area (Å²) in [5, 5.41) is 8.15. The zero-order chi connectivity index (χ0) is 15.4. The first-order valence-electron chi connectivity index (χ1n) is 6.34. The highest BCUT2D eigenvalue weighted by Gasteiger charge is 2.13. The minimum atomic E-state index is -0.336. The van der Waals surface area contributed by atoms with Crippen molar-refractivity contribution in [1.82, 2.24) is 19.9 Å². The molecule has 110 valence electrons. The van der Waals surface area contributed by atoms with Crippen molar-refractivity contribution in [2.75, 3.05) is 13.6 Å². The van der Waals surface area contributed by atoms with Gasteiger partial charge in [0.1, 0.15) is 12.1 Å². The number of benzene rings is 1. The molecule has 1 aromatic heterocycles. The van der Waals surface area contributed by atoms with E-state index in [1.54, 1.807) is 31.3 Å². The summed E-state index contributed by atoms with van der Waals surface area (Å²) in [5.41, 5.74) is 5.57. The molecule has 2 aromatic rings. The van der Waals surface area contributed by atoms with Crippen LogP contribution in [-0.2, 0) is 11.3 Å². The Hall–Kier alpha value is -2.35. The Balaban J connectivity index is 2.16. The van der Waals surface area contributed by atoms with E-state index < -0.39 is 0 Å². The second-order valence-corrected chi connectivity index (χ2v) is 5.13. The Kier molecular flexibility index (Phi) is 4.59. The van der Waals surface area contributed by atoms with Crippen LogP contribution in [0.3, 0.4) is 0 Å². The average molecular weight is 305 g/mol. The molecule has 0 unspecified atom stereocenters. The summed E-state index contributed by atoms with van der Waals surface area (Å²) in [6, 6.07) is 6.87. The standard InChI is InChI=1S/C13H15N5O2S/c1-17(7-6-11(14)21)12(19)8-18-13(20)9-4-2-3-5-10(9)15-16-18/h2-5H,6-8H2,1H3,(H2,14,21). The monoisotopic (exact) mass is 305 g/mol. The van der Waals surface area contributed by atoms with E-state index in [-0.39, 0.29) is 18.0 Å². The van der Waals surface area contributed by atoms with Crippen molar-refractivity contribution < 1.29 is 4.79 Å². The Morgan fingerprint density at radius 2 is 2.14 bits per heavy atom. The van der Waals surface area contributed by atoms with Gasteiger partial charge in [-0.3, -0.25) is 9.59 Å². The first-order chi connectivity index (χ1) is 9.99. The molecule has 0 bridgehead atoms. The molecular weight excluding hydrogens is 290 g/mol. The molecular formula is C13H15N5O2S. The number of hydrogen-bond donors (Lipinski definition) is 1. The Morgan fingerprint density at radius 3 is 2.86 bits per heavy atom. The number of hydrogen-bond acceptors (Lipinski definition) is 5. The molecule has 0 saturated carbocycles. The third-order valence-corrected chi connectivity index (χ3v) is 3.24. The van der Waals surface area contributed by atoms with Crippen LogP contribution in [-0.4, -0.2) is 44.4 Å². The average Bonchev–Trinajstić information content (AvgIpc) is 2.47. The lowest BCUT2D eigenvalue weighted by Gasteiger charge is -2.16. The quantitative estimate of drug-likeness (QED) is 0.777. The van der Waals surface area contributed by atoms with Gasteiger partial charge in [0, 0.05) is 20.0 Å². The van der Waals surface area contributed by atoms with Crippen LogP contribution in [0.4, 0.5) is 0 Å². The fourth-order valence-electron chi connectivity index (χ4n) is 1.78. The van der Waals surface area contributed by atoms with Crippen LogP contribution in [0, 0.1) is 0 Å². The van der Waals surface area contributed by atoms with Gasteiger partial charge in [-0.1, -0.05) is 29.6 Å². The third kappa shape index (κ3) is 3.60. The molecule has 0 aliphatic carbocycles. The van der Waals surface area contributed by atoms with Gasteiger partial charge in [0.2, 0.25) is 5.91 Å². The Morgan fingerprint density at radius 1 is 1.43 bits per heavy atom. The summed E-state index contributed by atoms with van der Waals surface area (Å²) < 4.78 is 1.06. The number of aromatic nitrogens is 3. The van der Waals surface area contributed by atoms with E-state index in [4.69, 9.17) is 18.0 Å². The van der Waals surface area contributed by atoms with E-state index in [0.717, 1.165) is 4.68 Å². The van der Waals surface area contributed by atoms with E-state index in [2.05, 4.69) is 10.3 Å². The molecule has 0 spiro atoms. The van der Waals surface area contributed by atoms with Crippen LogP contribution in [0.15, 0.2) is 29.1 Å². The number of nitrogens with two attached hydrogens (primary N) is 1. The van der Waals surface area contributed by atoms with Crippen LogP contribution >= 0.6 is 12.2 Å². The minimum absolute atomic E-state index is 0.162. The fraction of sp³-hybridized carbons (Fsp3) is 0.308. The van der Waals surface area contributed by atoms with Crippen molar-refractivity contribution in [2.45, 2.75) is 13.0 Å². The summed E-state index contributed by atoms with van der Waals surface area (Å²) in [4.78, 5) is 26.0. The predicted octanol–water partition coefficient (Wildman–Crippen LogP) is -0.0739. The van der Waals surface area contributed by atoms with Crippen molar-refractivity contribution >= 4 is 34.0 Å². The summed E-state index contributed by atoms with van der Waals surface area (Å²) in [6.07, 6.45) is 0.440. The first-order valence-corrected chi connectivity index (χ1v) is 6.74. The van der Waals surface area contributed by atoms with Gasteiger partial charge >= 0.3 is 0 Å². The molecule has 0 radical (unpaired) electrons. The van der Waals surface area contributed by atoms with Gasteiger partial charge < -0.3 is 10.6 Å². The summed E-state index contributed by atoms with van der Waals surface area (Å²) in [5.74, 6) is -0.252. The number of rotatable bonds is 5. The molecule has 0 atom stereocenters. The van der Waals surface area contributed by atoms with Crippen molar-refractivity contribution in [2.24, 2.45) is 5.73 Å². The van der Waals surface area contributed by atoms with E-state index in [1.165, 1.54) is 4.90 Å². The summed E-state index contributed by atoms with van der Waals surface area (Å²) in [6.45, 7) is 0.244. The number of carbonyl (C=O) groups is 1. The second-order valence-electron chi connectivity index (χ2n) is 4.60. The maximum atomic E-state index is 12.2. The SMILES string of the molecule is CN(CCC(N)=S)C(=O)Cn1nnc2ccccc2c1=O. The van der Waals surface area contributed by atoms with E-state index in [9.17, 15) is 9.59 Å². The number of thiocarbonyl (C=S) groups is 1. The van der Waals surface area contributed by atoms with Crippen LogP contribution in [0.1, 0.15) is 6.42 Å². The number of nitrogens with zero attached hydrogens (tertiary/aromatic N) is 4. The van der Waals surface area contributed by atoms with E-state index in [0.29, 0.717) is 28.9 Å². The van der Waals surface area contributed by atoms with Gasteiger partial charge in [-0.2, -0.15) is 0 Å². The predicted molar refractivity (Wildman–Crippen MR) is 82.8 cm³/mol. The zero-order valence-corrected chi connectivity index (χ0v) is 12.3. The van der Waals surface area contributed by atoms with Crippen LogP contribution < -0.4 is 11.3 Å². The number of fused-ring (bicyclic) bond motifs is 1. The summed E-state index contributed by atoms with van der Waals surface area (Å²) >= 11 is 4.77. The maximum Gasteiger partial charge on any atom is 0.278 e. The molecule has 1 amide bonds. The minimum Gasteiger partial charge on any atom is -0.393 e. The number of likely N-dealkylation sites (N-methyl/N-ethyl adjacent to an activating group) is 1. The molecule has 8 heteroatoms. The molecule has 1 heterocycles. The fourth-order valence-corrected chi connectivity index (χ4v) is 1.87.